The van der Waals surface area contributed by atoms with Crippen LogP contribution in [0, 0.1) is 0 Å². The molecule has 0 bridgehead atoms. The first-order chi connectivity index (χ1) is 11.6. The van der Waals surface area contributed by atoms with Gasteiger partial charge in [0.25, 0.3) is 0 Å². The second kappa shape index (κ2) is 6.98. The molecule has 1 aliphatic rings. The van der Waals surface area contributed by atoms with Crippen molar-refractivity contribution in [3.63, 3.8) is 0 Å². The van der Waals surface area contributed by atoms with Gasteiger partial charge in [-0.05, 0) is 35.9 Å². The van der Waals surface area contributed by atoms with Gasteiger partial charge in [-0.25, -0.2) is 9.97 Å². The van der Waals surface area contributed by atoms with Crippen LogP contribution in [0.4, 0.5) is 5.82 Å². The van der Waals surface area contributed by atoms with Crippen molar-refractivity contribution in [2.75, 3.05) is 25.5 Å². The molecule has 1 aromatic carbocycles. The Bertz CT molecular complexity index is 781. The summed E-state index contributed by atoms with van der Waals surface area (Å²) in [6, 6.07) is 6.88. The van der Waals surface area contributed by atoms with E-state index in [1.54, 1.807) is 23.2 Å². The SMILES string of the molecule is C=CC(=O)N1CCOC[C@@H]1c1cc(Cl)cc(-c2nccc(N)n2)c1. The van der Waals surface area contributed by atoms with Crippen molar-refractivity contribution in [1.82, 2.24) is 14.9 Å². The zero-order valence-electron chi connectivity index (χ0n) is 13.0. The lowest BCUT2D eigenvalue weighted by Gasteiger charge is -2.35. The Balaban J connectivity index is 2.01. The molecule has 2 N–H and O–H groups in total. The van der Waals surface area contributed by atoms with Crippen LogP contribution in [-0.2, 0) is 9.53 Å². The Morgan fingerprint density at radius 1 is 1.46 bits per heavy atom. The van der Waals surface area contributed by atoms with E-state index in [9.17, 15) is 4.79 Å². The predicted molar refractivity (Wildman–Crippen MR) is 92.4 cm³/mol. The number of carbonyl (C=O) groups excluding carboxylic acids is 1. The number of benzene rings is 1. The third-order valence-corrected chi connectivity index (χ3v) is 4.04. The van der Waals surface area contributed by atoms with Crippen molar-refractivity contribution >= 4 is 23.3 Å². The molecule has 1 amide bonds. The quantitative estimate of drug-likeness (QED) is 0.865. The number of nitrogen functional groups attached to an aromatic ring is 1. The second-order valence-electron chi connectivity index (χ2n) is 5.40. The number of nitrogens with zero attached hydrogens (tertiary/aromatic N) is 3. The molecular weight excluding hydrogens is 328 g/mol. The van der Waals surface area contributed by atoms with Crippen molar-refractivity contribution in [3.8, 4) is 11.4 Å². The standard InChI is InChI=1S/C17H17ClN4O2/c1-2-16(23)22-5-6-24-10-14(22)11-7-12(9-13(18)8-11)17-20-4-3-15(19)21-17/h2-4,7-9,14H,1,5-6,10H2,(H2,19,20,21)/t14-/m1/s1. The number of rotatable bonds is 3. The maximum absolute atomic E-state index is 12.1. The predicted octanol–water partition coefficient (Wildman–Crippen LogP) is 2.47. The van der Waals surface area contributed by atoms with Gasteiger partial charge in [-0.3, -0.25) is 4.79 Å². The monoisotopic (exact) mass is 344 g/mol. The lowest BCUT2D eigenvalue weighted by atomic mass is 10.0. The van der Waals surface area contributed by atoms with Crippen molar-refractivity contribution in [3.05, 3.63) is 53.7 Å². The van der Waals surface area contributed by atoms with Gasteiger partial charge in [0, 0.05) is 23.3 Å². The number of hydrogen-bond donors (Lipinski definition) is 1. The molecule has 7 heteroatoms. The third-order valence-electron chi connectivity index (χ3n) is 3.83. The summed E-state index contributed by atoms with van der Waals surface area (Å²) < 4.78 is 5.54. The number of aromatic nitrogens is 2. The Hall–Kier alpha value is -2.44. The molecular formula is C17H17ClN4O2. The first-order valence-corrected chi connectivity index (χ1v) is 7.86. The maximum atomic E-state index is 12.1. The minimum Gasteiger partial charge on any atom is -0.384 e. The van der Waals surface area contributed by atoms with Crippen LogP contribution in [0.3, 0.4) is 0 Å². The lowest BCUT2D eigenvalue weighted by molar-refractivity contribution is -0.134. The van der Waals surface area contributed by atoms with E-state index < -0.39 is 0 Å². The number of carbonyl (C=O) groups is 1. The number of ether oxygens (including phenoxy) is 1. The van der Waals surface area contributed by atoms with Crippen LogP contribution in [0.5, 0.6) is 0 Å². The highest BCUT2D eigenvalue weighted by Gasteiger charge is 2.28. The number of amides is 1. The van der Waals surface area contributed by atoms with Gasteiger partial charge in [0.05, 0.1) is 19.3 Å². The van der Waals surface area contributed by atoms with Crippen molar-refractivity contribution in [1.29, 1.82) is 0 Å². The topological polar surface area (TPSA) is 81.3 Å². The number of morpholine rings is 1. The summed E-state index contributed by atoms with van der Waals surface area (Å²) in [5, 5.41) is 0.533. The van der Waals surface area contributed by atoms with Crippen LogP contribution in [0.2, 0.25) is 5.02 Å². The maximum Gasteiger partial charge on any atom is 0.246 e. The fraction of sp³-hybridized carbons (Fsp3) is 0.235. The Morgan fingerprint density at radius 3 is 3.04 bits per heavy atom. The molecule has 1 aromatic heterocycles. The number of anilines is 1. The molecule has 0 unspecified atom stereocenters. The third kappa shape index (κ3) is 3.39. The summed E-state index contributed by atoms with van der Waals surface area (Å²) in [4.78, 5) is 22.3. The summed E-state index contributed by atoms with van der Waals surface area (Å²) >= 11 is 6.27. The summed E-state index contributed by atoms with van der Waals surface area (Å²) in [5.41, 5.74) is 7.32. The first kappa shape index (κ1) is 16.4. The molecule has 3 rings (SSSR count). The molecule has 0 aliphatic carbocycles. The Morgan fingerprint density at radius 2 is 2.29 bits per heavy atom. The number of halogens is 1. The van der Waals surface area contributed by atoms with Gasteiger partial charge in [-0.15, -0.1) is 0 Å². The summed E-state index contributed by atoms with van der Waals surface area (Å²) in [5.74, 6) is 0.730. The molecule has 0 radical (unpaired) electrons. The average molecular weight is 345 g/mol. The molecule has 24 heavy (non-hydrogen) atoms. The lowest BCUT2D eigenvalue weighted by Crippen LogP contribution is -2.42. The van der Waals surface area contributed by atoms with E-state index in [4.69, 9.17) is 22.1 Å². The van der Waals surface area contributed by atoms with E-state index in [1.807, 2.05) is 12.1 Å². The van der Waals surface area contributed by atoms with Gasteiger partial charge in [0.1, 0.15) is 5.82 Å². The van der Waals surface area contributed by atoms with Gasteiger partial charge in [-0.1, -0.05) is 18.2 Å². The van der Waals surface area contributed by atoms with E-state index in [-0.39, 0.29) is 11.9 Å². The van der Waals surface area contributed by atoms with Gasteiger partial charge in [0.15, 0.2) is 5.82 Å². The molecule has 124 valence electrons. The second-order valence-corrected chi connectivity index (χ2v) is 5.84. The normalized spacial score (nSPS) is 17.5. The largest absolute Gasteiger partial charge is 0.384 e. The van der Waals surface area contributed by atoms with Crippen molar-refractivity contribution < 1.29 is 9.53 Å². The van der Waals surface area contributed by atoms with Gasteiger partial charge < -0.3 is 15.4 Å². The van der Waals surface area contributed by atoms with Gasteiger partial charge in [-0.2, -0.15) is 0 Å². The summed E-state index contributed by atoms with van der Waals surface area (Å²) in [6.07, 6.45) is 2.90. The van der Waals surface area contributed by atoms with Crippen molar-refractivity contribution in [2.45, 2.75) is 6.04 Å². The molecule has 2 heterocycles. The van der Waals surface area contributed by atoms with Crippen LogP contribution >= 0.6 is 11.6 Å². The highest BCUT2D eigenvalue weighted by Crippen LogP contribution is 2.30. The fourth-order valence-corrected chi connectivity index (χ4v) is 2.95. The zero-order chi connectivity index (χ0) is 17.1. The fourth-order valence-electron chi connectivity index (χ4n) is 2.71. The minimum absolute atomic E-state index is 0.134. The van der Waals surface area contributed by atoms with Crippen LogP contribution < -0.4 is 5.73 Å². The highest BCUT2D eigenvalue weighted by atomic mass is 35.5. The van der Waals surface area contributed by atoms with E-state index in [0.29, 0.717) is 36.4 Å². The molecule has 1 saturated heterocycles. The summed E-state index contributed by atoms with van der Waals surface area (Å²) in [7, 11) is 0. The van der Waals surface area contributed by atoms with Crippen LogP contribution in [-0.4, -0.2) is 40.5 Å². The van der Waals surface area contributed by atoms with Crippen LogP contribution in [0.1, 0.15) is 11.6 Å². The molecule has 0 spiro atoms. The van der Waals surface area contributed by atoms with Crippen LogP contribution in [0.15, 0.2) is 43.1 Å². The van der Waals surface area contributed by atoms with Gasteiger partial charge in [0.2, 0.25) is 5.91 Å². The van der Waals surface area contributed by atoms with Crippen LogP contribution in [0.25, 0.3) is 11.4 Å². The smallest absolute Gasteiger partial charge is 0.246 e. The molecule has 1 fully saturated rings. The zero-order valence-corrected chi connectivity index (χ0v) is 13.7. The van der Waals surface area contributed by atoms with Crippen molar-refractivity contribution in [2.24, 2.45) is 0 Å². The molecule has 6 nitrogen and oxygen atoms in total. The van der Waals surface area contributed by atoms with E-state index in [1.165, 1.54) is 6.08 Å². The van der Waals surface area contributed by atoms with E-state index in [0.717, 1.165) is 11.1 Å². The highest BCUT2D eigenvalue weighted by molar-refractivity contribution is 6.31. The summed E-state index contributed by atoms with van der Waals surface area (Å²) in [6.45, 7) is 4.97. The Kier molecular flexibility index (Phi) is 4.78. The molecule has 2 aromatic rings. The minimum atomic E-state index is -0.234. The Labute approximate surface area is 144 Å². The molecule has 0 saturated carbocycles. The molecule has 1 aliphatic heterocycles. The van der Waals surface area contributed by atoms with E-state index in [2.05, 4.69) is 16.5 Å². The first-order valence-electron chi connectivity index (χ1n) is 7.48. The number of hydrogen-bond acceptors (Lipinski definition) is 5. The molecule has 1 atom stereocenters. The van der Waals surface area contributed by atoms with Gasteiger partial charge >= 0.3 is 0 Å². The number of nitrogens with two attached hydrogens (primary N) is 1. The average Bonchev–Trinajstić information content (AvgIpc) is 2.60. The van der Waals surface area contributed by atoms with E-state index >= 15 is 0 Å².